The van der Waals surface area contributed by atoms with Crippen LogP contribution in [0, 0.1) is 5.82 Å². The molecule has 0 spiro atoms. The number of carbonyl (C=O) groups is 1. The number of benzene rings is 2. The van der Waals surface area contributed by atoms with Crippen molar-refractivity contribution < 1.29 is 23.1 Å². The molecule has 0 aliphatic heterocycles. The van der Waals surface area contributed by atoms with Crippen molar-refractivity contribution in [1.29, 1.82) is 0 Å². The summed E-state index contributed by atoms with van der Waals surface area (Å²) in [7, 11) is 3.00. The molecule has 0 saturated heterocycles. The van der Waals surface area contributed by atoms with Gasteiger partial charge in [0, 0.05) is 29.2 Å². The molecule has 36 heavy (non-hydrogen) atoms. The number of hydrogen-bond donors (Lipinski definition) is 0. The SMILES string of the molecule is C=CCC(C)c1csc(CCC)n1.COc1cccc(Sc2ccc(F)cc2N(F)C(C)=O)c1OC. The maximum Gasteiger partial charge on any atom is 0.251 e. The standard InChI is InChI=1S/C16H15F2NO3S.C11H17NS/c1-10(20)19(18)12-9-11(17)7-8-14(12)23-15-6-4-5-13(21-2)16(15)22-3;1-4-6-9(3)10-8-13-11(12-10)7-5-2/h4-9H,1-3H3;4,8-9H,1,5-7H2,2-3H3. The van der Waals surface area contributed by atoms with Crippen LogP contribution in [-0.4, -0.2) is 25.1 Å². The van der Waals surface area contributed by atoms with E-state index in [0.717, 1.165) is 37.6 Å². The molecule has 1 unspecified atom stereocenters. The van der Waals surface area contributed by atoms with Gasteiger partial charge in [-0.25, -0.2) is 9.37 Å². The second-order valence-corrected chi connectivity index (χ2v) is 9.87. The molecule has 0 bridgehead atoms. The topological polar surface area (TPSA) is 51.7 Å². The first-order chi connectivity index (χ1) is 17.2. The summed E-state index contributed by atoms with van der Waals surface area (Å²) >= 11 is 2.93. The third-order valence-corrected chi connectivity index (χ3v) is 7.09. The van der Waals surface area contributed by atoms with Gasteiger partial charge in [-0.15, -0.1) is 23.0 Å². The lowest BCUT2D eigenvalue weighted by Crippen LogP contribution is -2.18. The first kappa shape index (κ1) is 29.3. The summed E-state index contributed by atoms with van der Waals surface area (Å²) in [5.41, 5.74) is 1.07. The lowest BCUT2D eigenvalue weighted by molar-refractivity contribution is -0.119. The van der Waals surface area contributed by atoms with Gasteiger partial charge in [0.1, 0.15) is 5.82 Å². The molecule has 5 nitrogen and oxygen atoms in total. The number of anilines is 1. The van der Waals surface area contributed by atoms with E-state index in [1.165, 1.54) is 43.5 Å². The number of aromatic nitrogens is 1. The molecule has 1 amide bonds. The third-order valence-electron chi connectivity index (χ3n) is 5.05. The predicted octanol–water partition coefficient (Wildman–Crippen LogP) is 8.01. The van der Waals surface area contributed by atoms with Crippen molar-refractivity contribution in [3.05, 3.63) is 71.0 Å². The number of carbonyl (C=O) groups excluding carboxylic acids is 1. The largest absolute Gasteiger partial charge is 0.493 e. The Bertz CT molecular complexity index is 1150. The Morgan fingerprint density at radius 3 is 2.61 bits per heavy atom. The lowest BCUT2D eigenvalue weighted by atomic mass is 10.1. The van der Waals surface area contributed by atoms with E-state index in [2.05, 4.69) is 30.8 Å². The number of para-hydroxylation sites is 1. The van der Waals surface area contributed by atoms with Gasteiger partial charge in [-0.05, 0) is 43.5 Å². The number of nitrogens with zero attached hydrogens (tertiary/aromatic N) is 2. The van der Waals surface area contributed by atoms with E-state index in [4.69, 9.17) is 9.47 Å². The molecule has 3 aromatic rings. The minimum absolute atomic E-state index is 0.0853. The molecule has 0 radical (unpaired) electrons. The molecule has 0 N–H and O–H groups in total. The van der Waals surface area contributed by atoms with Gasteiger partial charge in [0.15, 0.2) is 11.5 Å². The number of thiazole rings is 1. The van der Waals surface area contributed by atoms with Gasteiger partial charge in [-0.3, -0.25) is 4.79 Å². The van der Waals surface area contributed by atoms with Crippen molar-refractivity contribution in [2.24, 2.45) is 0 Å². The van der Waals surface area contributed by atoms with Gasteiger partial charge in [-0.1, -0.05) is 42.2 Å². The first-order valence-corrected chi connectivity index (χ1v) is 13.1. The summed E-state index contributed by atoms with van der Waals surface area (Å²) in [6.45, 7) is 9.20. The molecule has 0 aliphatic carbocycles. The fourth-order valence-corrected chi connectivity index (χ4v) is 5.27. The van der Waals surface area contributed by atoms with Gasteiger partial charge >= 0.3 is 0 Å². The smallest absolute Gasteiger partial charge is 0.251 e. The van der Waals surface area contributed by atoms with E-state index in [0.29, 0.717) is 27.2 Å². The Morgan fingerprint density at radius 1 is 1.25 bits per heavy atom. The average Bonchev–Trinajstić information content (AvgIpc) is 3.34. The van der Waals surface area contributed by atoms with Crippen LogP contribution in [0.15, 0.2) is 64.2 Å². The van der Waals surface area contributed by atoms with Crippen LogP contribution < -0.4 is 14.6 Å². The summed E-state index contributed by atoms with van der Waals surface area (Å²) in [6, 6.07) is 8.82. The van der Waals surface area contributed by atoms with E-state index < -0.39 is 11.7 Å². The maximum atomic E-state index is 14.0. The number of allylic oxidation sites excluding steroid dienone is 1. The summed E-state index contributed by atoms with van der Waals surface area (Å²) in [4.78, 5) is 16.9. The Morgan fingerprint density at radius 2 is 2.00 bits per heavy atom. The van der Waals surface area contributed by atoms with E-state index in [1.807, 2.05) is 6.08 Å². The van der Waals surface area contributed by atoms with Crippen molar-refractivity contribution in [2.75, 3.05) is 19.3 Å². The molecule has 1 aromatic heterocycles. The molecule has 2 aromatic carbocycles. The van der Waals surface area contributed by atoms with E-state index in [9.17, 15) is 13.7 Å². The highest BCUT2D eigenvalue weighted by Crippen LogP contribution is 2.43. The minimum Gasteiger partial charge on any atom is -0.493 e. The molecule has 194 valence electrons. The maximum absolute atomic E-state index is 14.0. The third kappa shape index (κ3) is 8.06. The Labute approximate surface area is 220 Å². The van der Waals surface area contributed by atoms with Gasteiger partial charge < -0.3 is 9.47 Å². The number of hydrogen-bond acceptors (Lipinski definition) is 6. The van der Waals surface area contributed by atoms with Gasteiger partial charge in [0.05, 0.1) is 35.5 Å². The normalized spacial score (nSPS) is 11.2. The summed E-state index contributed by atoms with van der Waals surface area (Å²) < 4.78 is 37.9. The van der Waals surface area contributed by atoms with Gasteiger partial charge in [0.2, 0.25) is 0 Å². The predicted molar refractivity (Wildman–Crippen MR) is 144 cm³/mol. The monoisotopic (exact) mass is 534 g/mol. The molecule has 1 atom stereocenters. The van der Waals surface area contributed by atoms with E-state index in [-0.39, 0.29) is 10.8 Å². The second kappa shape index (κ2) is 14.6. The van der Waals surface area contributed by atoms with Crippen LogP contribution in [0.25, 0.3) is 0 Å². The van der Waals surface area contributed by atoms with Crippen LogP contribution in [-0.2, 0) is 11.2 Å². The first-order valence-electron chi connectivity index (χ1n) is 11.5. The fourth-order valence-electron chi connectivity index (χ4n) is 3.21. The average molecular weight is 535 g/mol. The number of rotatable bonds is 10. The van der Waals surface area contributed by atoms with Crippen molar-refractivity contribution >= 4 is 34.7 Å². The summed E-state index contributed by atoms with van der Waals surface area (Å²) in [5.74, 6) is 0.0496. The molecular weight excluding hydrogens is 502 g/mol. The minimum atomic E-state index is -0.838. The van der Waals surface area contributed by atoms with Gasteiger partial charge in [0.25, 0.3) is 5.91 Å². The quantitative estimate of drug-likeness (QED) is 0.195. The molecule has 0 aliphatic rings. The highest BCUT2D eigenvalue weighted by Gasteiger charge is 2.19. The van der Waals surface area contributed by atoms with Crippen LogP contribution in [0.1, 0.15) is 50.2 Å². The van der Waals surface area contributed by atoms with Crippen molar-refractivity contribution in [1.82, 2.24) is 4.98 Å². The molecule has 9 heteroatoms. The Hall–Kier alpha value is -2.91. The fraction of sp³-hybridized carbons (Fsp3) is 0.333. The van der Waals surface area contributed by atoms with E-state index >= 15 is 0 Å². The van der Waals surface area contributed by atoms with Crippen LogP contribution in [0.5, 0.6) is 11.5 Å². The summed E-state index contributed by atoms with van der Waals surface area (Å²) in [6.07, 6.45) is 5.28. The number of ether oxygens (including phenoxy) is 2. The lowest BCUT2D eigenvalue weighted by Gasteiger charge is -2.16. The number of amides is 1. The van der Waals surface area contributed by atoms with E-state index in [1.54, 1.807) is 29.5 Å². The molecular formula is C27H32F2N2O3S2. The molecule has 1 heterocycles. The van der Waals surface area contributed by atoms with Crippen molar-refractivity contribution in [3.63, 3.8) is 0 Å². The zero-order chi connectivity index (χ0) is 26.7. The Kier molecular flexibility index (Phi) is 11.9. The highest BCUT2D eigenvalue weighted by atomic mass is 32.2. The summed E-state index contributed by atoms with van der Waals surface area (Å²) in [5, 5.41) is 3.37. The number of halogens is 2. The van der Waals surface area contributed by atoms with Crippen molar-refractivity contribution in [2.45, 2.75) is 55.7 Å². The van der Waals surface area contributed by atoms with Crippen LogP contribution >= 0.6 is 23.1 Å². The van der Waals surface area contributed by atoms with Crippen LogP contribution in [0.4, 0.5) is 14.6 Å². The molecule has 0 fully saturated rings. The number of aryl methyl sites for hydroxylation is 1. The molecule has 0 saturated carbocycles. The van der Waals surface area contributed by atoms with Crippen LogP contribution in [0.2, 0.25) is 0 Å². The zero-order valence-electron chi connectivity index (χ0n) is 21.2. The second-order valence-electron chi connectivity index (χ2n) is 7.85. The van der Waals surface area contributed by atoms with Crippen molar-refractivity contribution in [3.8, 4) is 11.5 Å². The molecule has 3 rings (SSSR count). The Balaban J connectivity index is 0.000000297. The number of methoxy groups -OCH3 is 2. The highest BCUT2D eigenvalue weighted by molar-refractivity contribution is 7.99. The zero-order valence-corrected chi connectivity index (χ0v) is 22.8. The van der Waals surface area contributed by atoms with Crippen LogP contribution in [0.3, 0.4) is 0 Å². The van der Waals surface area contributed by atoms with Gasteiger partial charge in [-0.2, -0.15) is 0 Å².